The zero-order valence-electron chi connectivity index (χ0n) is 23.1. The first-order chi connectivity index (χ1) is 21.6. The Labute approximate surface area is 266 Å². The van der Waals surface area contributed by atoms with Crippen molar-refractivity contribution in [3.63, 3.8) is 0 Å². The zero-order chi connectivity index (χ0) is 30.0. The Morgan fingerprint density at radius 2 is 1.27 bits per heavy atom. The molecule has 210 valence electrons. The number of fused-ring (bicyclic) bond motifs is 3. The van der Waals surface area contributed by atoms with Crippen molar-refractivity contribution in [2.75, 3.05) is 0 Å². The Morgan fingerprint density at radius 3 is 1.91 bits per heavy atom. The molecular weight excluding hydrogens is 663 g/mol. The fraction of sp³-hybridized carbons (Fsp3) is 0.0286. The van der Waals surface area contributed by atoms with E-state index in [1.165, 1.54) is 0 Å². The lowest BCUT2D eigenvalue weighted by Crippen LogP contribution is -1.94. The molecule has 0 bridgehead atoms. The van der Waals surface area contributed by atoms with Crippen molar-refractivity contribution < 1.29 is 9.78 Å². The number of hydrogen-bond donors (Lipinski definition) is 0. The van der Waals surface area contributed by atoms with Gasteiger partial charge < -0.3 is 4.89 Å². The van der Waals surface area contributed by atoms with Gasteiger partial charge >= 0.3 is 0 Å². The largest absolute Gasteiger partial charge is 0.337 e. The fourth-order valence-corrected chi connectivity index (χ4v) is 6.11. The first-order valence-corrected chi connectivity index (χ1v) is 14.7. The highest BCUT2D eigenvalue weighted by molar-refractivity contribution is 14.1. The van der Waals surface area contributed by atoms with Crippen LogP contribution in [-0.4, -0.2) is 19.1 Å². The normalized spacial score (nSPS) is 11.7. The molecule has 0 spiro atoms. The lowest BCUT2D eigenvalue weighted by molar-refractivity contribution is -0.194. The number of imidazole rings is 2. The molecule has 3 heterocycles. The van der Waals surface area contributed by atoms with Crippen molar-refractivity contribution in [2.45, 2.75) is 6.61 Å². The minimum atomic E-state index is 0.450. The summed E-state index contributed by atoms with van der Waals surface area (Å²) in [6.07, 6.45) is 3.58. The monoisotopic (exact) mass is 684 g/mol. The van der Waals surface area contributed by atoms with Crippen molar-refractivity contribution >= 4 is 44.7 Å². The summed E-state index contributed by atoms with van der Waals surface area (Å²) in [5, 5.41) is 18.4. The summed E-state index contributed by atoms with van der Waals surface area (Å²) in [5.41, 5.74) is 9.82. The molecule has 0 atom stereocenters. The molecule has 9 heteroatoms. The molecule has 0 aliphatic carbocycles. The van der Waals surface area contributed by atoms with E-state index >= 15 is 0 Å². The van der Waals surface area contributed by atoms with Gasteiger partial charge in [-0.1, -0.05) is 48.5 Å². The summed E-state index contributed by atoms with van der Waals surface area (Å²) in [4.78, 5) is 19.2. The Hall–Kier alpha value is -5.49. The molecule has 5 aromatic carbocycles. The van der Waals surface area contributed by atoms with Crippen LogP contribution in [0.3, 0.4) is 0 Å². The van der Waals surface area contributed by atoms with Crippen molar-refractivity contribution in [1.29, 1.82) is 10.5 Å². The quantitative estimate of drug-likeness (QED) is 0.139. The lowest BCUT2D eigenvalue weighted by Gasteiger charge is -2.10. The fourth-order valence-electron chi connectivity index (χ4n) is 5.24. The van der Waals surface area contributed by atoms with Crippen LogP contribution in [0, 0.1) is 26.2 Å². The average Bonchev–Trinajstić information content (AvgIpc) is 3.83. The van der Waals surface area contributed by atoms with Gasteiger partial charge in [0.15, 0.2) is 5.75 Å². The van der Waals surface area contributed by atoms with E-state index < -0.39 is 0 Å². The standard InChI is InChI=1S/C21H13N3O2.C14H8IN3/c22-11-14-8-18(15-6-7-16-12-25-26-20(16)10-15)21-19(9-14)23-13-24(21)17-4-2-1-3-5-17;15-12-6-10(8-16)7-13-14(12)18(9-17-13)11-4-2-1-3-5-11/h1-10,13H,12H2;1-7,9H. The highest BCUT2D eigenvalue weighted by Crippen LogP contribution is 2.36. The third-order valence-electron chi connectivity index (χ3n) is 7.31. The van der Waals surface area contributed by atoms with Crippen LogP contribution < -0.4 is 4.89 Å². The van der Waals surface area contributed by atoms with E-state index in [-0.39, 0.29) is 0 Å². The summed E-state index contributed by atoms with van der Waals surface area (Å²) in [7, 11) is 0. The molecular formula is C35H21IN6O2. The number of hydrogen-bond acceptors (Lipinski definition) is 6. The predicted octanol–water partition coefficient (Wildman–Crippen LogP) is 7.89. The summed E-state index contributed by atoms with van der Waals surface area (Å²) in [5.74, 6) is 0.712. The van der Waals surface area contributed by atoms with Gasteiger partial charge in [0, 0.05) is 26.1 Å². The molecule has 0 amide bonds. The number of nitriles is 2. The Bertz CT molecular complexity index is 2250. The maximum Gasteiger partial charge on any atom is 0.171 e. The van der Waals surface area contributed by atoms with Crippen LogP contribution in [0.25, 0.3) is 44.6 Å². The van der Waals surface area contributed by atoms with E-state index in [9.17, 15) is 5.26 Å². The number of nitrogens with zero attached hydrogens (tertiary/aromatic N) is 6. The van der Waals surface area contributed by atoms with Crippen molar-refractivity contribution in [2.24, 2.45) is 0 Å². The Balaban J connectivity index is 0.000000152. The third kappa shape index (κ3) is 5.05. The maximum absolute atomic E-state index is 9.42. The number of para-hydroxylation sites is 2. The van der Waals surface area contributed by atoms with Gasteiger partial charge in [0.1, 0.15) is 19.3 Å². The molecule has 0 radical (unpaired) electrons. The van der Waals surface area contributed by atoms with Crippen LogP contribution in [0.4, 0.5) is 0 Å². The lowest BCUT2D eigenvalue weighted by atomic mass is 9.99. The van der Waals surface area contributed by atoms with E-state index in [2.05, 4.69) is 44.7 Å². The van der Waals surface area contributed by atoms with E-state index in [4.69, 9.17) is 15.0 Å². The molecule has 1 aliphatic rings. The smallest absolute Gasteiger partial charge is 0.171 e. The minimum Gasteiger partial charge on any atom is -0.337 e. The van der Waals surface area contributed by atoms with Crippen LogP contribution in [0.2, 0.25) is 0 Å². The number of halogens is 1. The number of benzene rings is 5. The van der Waals surface area contributed by atoms with Gasteiger partial charge in [0.05, 0.1) is 45.3 Å². The van der Waals surface area contributed by atoms with Gasteiger partial charge in [-0.05, 0) is 82.8 Å². The highest BCUT2D eigenvalue weighted by Gasteiger charge is 2.18. The Morgan fingerprint density at radius 1 is 0.682 bits per heavy atom. The molecule has 2 aromatic heterocycles. The molecule has 0 fully saturated rings. The average molecular weight is 684 g/mol. The van der Waals surface area contributed by atoms with Crippen LogP contribution in [0.15, 0.2) is 116 Å². The zero-order valence-corrected chi connectivity index (χ0v) is 25.2. The van der Waals surface area contributed by atoms with Crippen molar-refractivity contribution in [3.8, 4) is 40.4 Å². The van der Waals surface area contributed by atoms with E-state index in [1.807, 2.05) is 112 Å². The molecule has 0 N–H and O–H groups in total. The minimum absolute atomic E-state index is 0.450. The first-order valence-electron chi connectivity index (χ1n) is 13.6. The second-order valence-electron chi connectivity index (χ2n) is 10.0. The molecule has 0 saturated carbocycles. The molecule has 44 heavy (non-hydrogen) atoms. The summed E-state index contributed by atoms with van der Waals surface area (Å²) in [6.45, 7) is 0.450. The topological polar surface area (TPSA) is 102 Å². The van der Waals surface area contributed by atoms with Crippen LogP contribution in [0.5, 0.6) is 5.75 Å². The van der Waals surface area contributed by atoms with Crippen LogP contribution >= 0.6 is 22.6 Å². The van der Waals surface area contributed by atoms with Crippen LogP contribution in [-0.2, 0) is 11.5 Å². The van der Waals surface area contributed by atoms with Crippen LogP contribution in [0.1, 0.15) is 16.7 Å². The van der Waals surface area contributed by atoms with Crippen molar-refractivity contribution in [1.82, 2.24) is 19.1 Å². The van der Waals surface area contributed by atoms with E-state index in [1.54, 1.807) is 12.7 Å². The summed E-state index contributed by atoms with van der Waals surface area (Å²) < 4.78 is 5.11. The van der Waals surface area contributed by atoms with Gasteiger partial charge in [-0.25, -0.2) is 9.97 Å². The first kappa shape index (κ1) is 27.3. The van der Waals surface area contributed by atoms with E-state index in [0.717, 1.165) is 53.7 Å². The molecule has 0 unspecified atom stereocenters. The molecule has 0 saturated heterocycles. The molecule has 8 rings (SSSR count). The molecule has 1 aliphatic heterocycles. The highest BCUT2D eigenvalue weighted by atomic mass is 127. The number of rotatable bonds is 3. The number of aromatic nitrogens is 4. The Kier molecular flexibility index (Phi) is 7.24. The second kappa shape index (κ2) is 11.7. The van der Waals surface area contributed by atoms with Gasteiger partial charge in [-0.15, -0.1) is 0 Å². The van der Waals surface area contributed by atoms with Gasteiger partial charge in [-0.2, -0.15) is 15.4 Å². The van der Waals surface area contributed by atoms with E-state index in [0.29, 0.717) is 23.5 Å². The van der Waals surface area contributed by atoms with Gasteiger partial charge in [-0.3, -0.25) is 9.13 Å². The second-order valence-corrected chi connectivity index (χ2v) is 11.2. The maximum atomic E-state index is 9.42. The summed E-state index contributed by atoms with van der Waals surface area (Å²) >= 11 is 2.24. The third-order valence-corrected chi connectivity index (χ3v) is 8.13. The molecule has 7 aromatic rings. The SMILES string of the molecule is N#Cc1cc(-c2ccc3c(c2)OOC3)c2c(c1)ncn2-c1ccccc1.N#Cc1cc(I)c2c(c1)ncn2-c1ccccc1. The predicted molar refractivity (Wildman–Crippen MR) is 175 cm³/mol. The van der Waals surface area contributed by atoms with Gasteiger partial charge in [0.2, 0.25) is 0 Å². The summed E-state index contributed by atoms with van der Waals surface area (Å²) in [6, 6.07) is 37.8. The molecule has 8 nitrogen and oxygen atoms in total. The van der Waals surface area contributed by atoms with Crippen molar-refractivity contribution in [3.05, 3.63) is 136 Å². The van der Waals surface area contributed by atoms with Gasteiger partial charge in [0.25, 0.3) is 0 Å².